The van der Waals surface area contributed by atoms with Crippen molar-refractivity contribution in [3.8, 4) is 0 Å². The summed E-state index contributed by atoms with van der Waals surface area (Å²) in [6.45, 7) is 2.27. The van der Waals surface area contributed by atoms with Crippen molar-refractivity contribution >= 4 is 17.4 Å². The summed E-state index contributed by atoms with van der Waals surface area (Å²) in [4.78, 5) is 24.9. The normalized spacial score (nSPS) is 12.1. The molecule has 0 fully saturated rings. The number of amides is 1. The Morgan fingerprint density at radius 2 is 1.79 bits per heavy atom. The maximum Gasteiger partial charge on any atom is 0.242 e. The summed E-state index contributed by atoms with van der Waals surface area (Å²) in [6, 6.07) is 10.0. The number of imidazole rings is 1. The third kappa shape index (κ3) is 3.08. The van der Waals surface area contributed by atoms with Crippen molar-refractivity contribution in [3.63, 3.8) is 0 Å². The summed E-state index contributed by atoms with van der Waals surface area (Å²) in [5.41, 5.74) is 1.86. The summed E-state index contributed by atoms with van der Waals surface area (Å²) >= 11 is 0. The van der Waals surface area contributed by atoms with Crippen LogP contribution in [-0.2, 0) is 4.79 Å². The monoisotopic (exact) mass is 323 g/mol. The van der Waals surface area contributed by atoms with Gasteiger partial charge in [0.25, 0.3) is 0 Å². The fraction of sp³-hybridized carbons (Fsp3) is 0.278. The molecule has 1 aromatic carbocycles. The lowest BCUT2D eigenvalue weighted by Crippen LogP contribution is -2.38. The molecule has 0 aliphatic rings. The van der Waals surface area contributed by atoms with Crippen molar-refractivity contribution in [2.45, 2.75) is 13.0 Å². The molecule has 6 nitrogen and oxygen atoms in total. The Labute approximate surface area is 141 Å². The lowest BCUT2D eigenvalue weighted by atomic mass is 10.1. The van der Waals surface area contributed by atoms with Gasteiger partial charge < -0.3 is 14.2 Å². The Kier molecular flexibility index (Phi) is 4.46. The molecule has 0 aliphatic carbocycles. The Morgan fingerprint density at radius 3 is 2.50 bits per heavy atom. The van der Waals surface area contributed by atoms with Gasteiger partial charge in [-0.25, -0.2) is 9.97 Å². The molecule has 0 saturated heterocycles. The van der Waals surface area contributed by atoms with Gasteiger partial charge in [-0.05, 0) is 12.5 Å². The number of hydrogen-bond donors (Lipinski definition) is 0. The van der Waals surface area contributed by atoms with E-state index in [2.05, 4.69) is 9.97 Å². The minimum atomic E-state index is 0.0160. The average molecular weight is 323 g/mol. The lowest BCUT2D eigenvalue weighted by Gasteiger charge is -2.28. The smallest absolute Gasteiger partial charge is 0.242 e. The Balaban J connectivity index is 1.73. The summed E-state index contributed by atoms with van der Waals surface area (Å²) in [6.07, 6.45) is 7.13. The van der Waals surface area contributed by atoms with E-state index in [0.29, 0.717) is 5.82 Å². The number of hydrogen-bond acceptors (Lipinski definition) is 4. The molecule has 3 aromatic rings. The summed E-state index contributed by atoms with van der Waals surface area (Å²) in [5.74, 6) is 0.723. The van der Waals surface area contributed by atoms with Crippen molar-refractivity contribution in [3.05, 3.63) is 60.7 Å². The number of carbonyl (C=O) groups is 1. The van der Waals surface area contributed by atoms with Crippen molar-refractivity contribution < 1.29 is 4.79 Å². The molecule has 0 saturated carbocycles. The topological polar surface area (TPSA) is 53.7 Å². The second kappa shape index (κ2) is 6.70. The zero-order chi connectivity index (χ0) is 17.1. The molecule has 3 rings (SSSR count). The third-order valence-electron chi connectivity index (χ3n) is 4.28. The molecule has 0 aliphatic heterocycles. The van der Waals surface area contributed by atoms with Crippen LogP contribution in [0.3, 0.4) is 0 Å². The van der Waals surface area contributed by atoms with Gasteiger partial charge in [-0.15, -0.1) is 0 Å². The van der Waals surface area contributed by atoms with Crippen molar-refractivity contribution in [2.24, 2.45) is 0 Å². The van der Waals surface area contributed by atoms with Crippen LogP contribution in [0.4, 0.5) is 5.82 Å². The van der Waals surface area contributed by atoms with Crippen LogP contribution < -0.4 is 4.90 Å². The van der Waals surface area contributed by atoms with Gasteiger partial charge in [0.15, 0.2) is 11.5 Å². The lowest BCUT2D eigenvalue weighted by molar-refractivity contribution is -0.130. The standard InChI is InChI=1S/C18H21N5O/c1-14(15-7-5-4-6-8-15)22(3)16(24)13-21(2)17-18-20-10-12-23(18)11-9-19-17/h4-12,14H,13H2,1-3H3. The Morgan fingerprint density at radius 1 is 1.12 bits per heavy atom. The number of likely N-dealkylation sites (N-methyl/N-ethyl adjacent to an activating group) is 2. The number of fused-ring (bicyclic) bond motifs is 1. The van der Waals surface area contributed by atoms with Crippen LogP contribution in [0.15, 0.2) is 55.1 Å². The largest absolute Gasteiger partial charge is 0.347 e. The highest BCUT2D eigenvalue weighted by Gasteiger charge is 2.20. The van der Waals surface area contributed by atoms with Crippen LogP contribution in [0, 0.1) is 0 Å². The van der Waals surface area contributed by atoms with Gasteiger partial charge >= 0.3 is 0 Å². The predicted molar refractivity (Wildman–Crippen MR) is 93.9 cm³/mol. The van der Waals surface area contributed by atoms with Crippen LogP contribution in [-0.4, -0.2) is 45.8 Å². The van der Waals surface area contributed by atoms with Crippen molar-refractivity contribution in [1.29, 1.82) is 0 Å². The van der Waals surface area contributed by atoms with E-state index in [1.807, 2.05) is 73.0 Å². The number of aromatic nitrogens is 3. The first-order valence-corrected chi connectivity index (χ1v) is 7.87. The summed E-state index contributed by atoms with van der Waals surface area (Å²) in [7, 11) is 3.69. The van der Waals surface area contributed by atoms with Crippen LogP contribution >= 0.6 is 0 Å². The molecule has 0 spiro atoms. The summed E-state index contributed by atoms with van der Waals surface area (Å²) < 4.78 is 1.89. The zero-order valence-electron chi connectivity index (χ0n) is 14.1. The van der Waals surface area contributed by atoms with Gasteiger partial charge in [0.2, 0.25) is 5.91 Å². The van der Waals surface area contributed by atoms with Gasteiger partial charge in [0.1, 0.15) is 0 Å². The molecule has 24 heavy (non-hydrogen) atoms. The van der Waals surface area contributed by atoms with E-state index >= 15 is 0 Å². The van der Waals surface area contributed by atoms with E-state index in [-0.39, 0.29) is 18.5 Å². The molecule has 6 heteroatoms. The first-order chi connectivity index (χ1) is 11.6. The first-order valence-electron chi connectivity index (χ1n) is 7.87. The number of carbonyl (C=O) groups excluding carboxylic acids is 1. The van der Waals surface area contributed by atoms with E-state index in [0.717, 1.165) is 11.2 Å². The highest BCUT2D eigenvalue weighted by Crippen LogP contribution is 2.20. The van der Waals surface area contributed by atoms with Gasteiger partial charge in [-0.2, -0.15) is 0 Å². The molecule has 0 radical (unpaired) electrons. The Bertz CT molecular complexity index is 830. The second-order valence-electron chi connectivity index (χ2n) is 5.86. The van der Waals surface area contributed by atoms with E-state index in [9.17, 15) is 4.79 Å². The third-order valence-corrected chi connectivity index (χ3v) is 4.28. The second-order valence-corrected chi connectivity index (χ2v) is 5.86. The molecule has 1 atom stereocenters. The number of rotatable bonds is 5. The molecule has 1 unspecified atom stereocenters. The minimum absolute atomic E-state index is 0.0160. The number of anilines is 1. The van der Waals surface area contributed by atoms with Crippen LogP contribution in [0.25, 0.3) is 5.65 Å². The zero-order valence-corrected chi connectivity index (χ0v) is 14.1. The number of nitrogens with zero attached hydrogens (tertiary/aromatic N) is 5. The van der Waals surface area contributed by atoms with Crippen molar-refractivity contribution in [2.75, 3.05) is 25.5 Å². The maximum absolute atomic E-state index is 12.6. The van der Waals surface area contributed by atoms with Gasteiger partial charge in [0.05, 0.1) is 12.6 Å². The maximum atomic E-state index is 12.6. The minimum Gasteiger partial charge on any atom is -0.347 e. The average Bonchev–Trinajstić information content (AvgIpc) is 3.09. The fourth-order valence-corrected chi connectivity index (χ4v) is 2.67. The van der Waals surface area contributed by atoms with E-state index in [1.165, 1.54) is 0 Å². The van der Waals surface area contributed by atoms with Crippen LogP contribution in [0.5, 0.6) is 0 Å². The van der Waals surface area contributed by atoms with E-state index < -0.39 is 0 Å². The quantitative estimate of drug-likeness (QED) is 0.723. The van der Waals surface area contributed by atoms with Crippen LogP contribution in [0.1, 0.15) is 18.5 Å². The molecule has 124 valence electrons. The molecule has 2 heterocycles. The predicted octanol–water partition coefficient (Wildman–Crippen LogP) is 2.39. The van der Waals surface area contributed by atoms with Gasteiger partial charge in [-0.3, -0.25) is 4.79 Å². The number of benzene rings is 1. The van der Waals surface area contributed by atoms with E-state index in [4.69, 9.17) is 0 Å². The Hall–Kier alpha value is -2.89. The molecular weight excluding hydrogens is 302 g/mol. The SMILES string of the molecule is CC(c1ccccc1)N(C)C(=O)CN(C)c1nccn2ccnc12. The molecular formula is C18H21N5O. The van der Waals surface area contributed by atoms with Crippen molar-refractivity contribution in [1.82, 2.24) is 19.3 Å². The highest BCUT2D eigenvalue weighted by atomic mass is 16.2. The highest BCUT2D eigenvalue weighted by molar-refractivity contribution is 5.82. The first kappa shape index (κ1) is 16.0. The van der Waals surface area contributed by atoms with Crippen LogP contribution in [0.2, 0.25) is 0 Å². The van der Waals surface area contributed by atoms with Gasteiger partial charge in [-0.1, -0.05) is 30.3 Å². The van der Waals surface area contributed by atoms with Gasteiger partial charge in [0, 0.05) is 38.9 Å². The molecule has 0 bridgehead atoms. The molecule has 1 amide bonds. The fourth-order valence-electron chi connectivity index (χ4n) is 2.67. The molecule has 0 N–H and O–H groups in total. The molecule has 2 aromatic heterocycles. The van der Waals surface area contributed by atoms with E-state index in [1.54, 1.807) is 17.3 Å². The summed E-state index contributed by atoms with van der Waals surface area (Å²) in [5, 5.41) is 0.